The van der Waals surface area contributed by atoms with Gasteiger partial charge in [-0.15, -0.1) is 11.3 Å². The average Bonchev–Trinajstić information content (AvgIpc) is 2.96. The van der Waals surface area contributed by atoms with Gasteiger partial charge >= 0.3 is 0 Å². The summed E-state index contributed by atoms with van der Waals surface area (Å²) in [5.74, 6) is -0.440. The zero-order chi connectivity index (χ0) is 16.3. The number of amides is 1. The summed E-state index contributed by atoms with van der Waals surface area (Å²) in [6.07, 6.45) is 0.670. The summed E-state index contributed by atoms with van der Waals surface area (Å²) in [6.45, 7) is 3.25. The Balaban J connectivity index is 2.17. The van der Waals surface area contributed by atoms with Crippen LogP contribution in [0.25, 0.3) is 0 Å². The average molecular weight is 324 g/mol. The number of aromatic nitrogens is 1. The van der Waals surface area contributed by atoms with Crippen molar-refractivity contribution < 1.29 is 19.0 Å². The van der Waals surface area contributed by atoms with E-state index in [-0.39, 0.29) is 5.91 Å². The molecule has 0 aliphatic rings. The number of benzene rings is 1. The summed E-state index contributed by atoms with van der Waals surface area (Å²) in [4.78, 5) is 16.5. The van der Waals surface area contributed by atoms with E-state index in [0.717, 1.165) is 11.3 Å². The highest BCUT2D eigenvalue weighted by Gasteiger charge is 2.20. The fourth-order valence-corrected chi connectivity index (χ4v) is 2.80. The lowest BCUT2D eigenvalue weighted by Gasteiger charge is -2.17. The van der Waals surface area contributed by atoms with E-state index >= 15 is 0 Å². The molecule has 0 aliphatic carbocycles. The summed E-state index contributed by atoms with van der Waals surface area (Å²) in [5.41, 5.74) is 0.290. The van der Waals surface area contributed by atoms with Crippen LogP contribution in [0.2, 0.25) is 0 Å². The zero-order valence-corrected chi connectivity index (χ0v) is 13.3. The molecule has 0 unspecified atom stereocenters. The molecule has 0 saturated heterocycles. The van der Waals surface area contributed by atoms with Crippen LogP contribution in [-0.2, 0) is 0 Å². The van der Waals surface area contributed by atoms with Crippen molar-refractivity contribution in [1.29, 1.82) is 0 Å². The first-order valence-corrected chi connectivity index (χ1v) is 7.52. The summed E-state index contributed by atoms with van der Waals surface area (Å²) in [5, 5.41) is 12.6. The number of carbonyl (C=O) groups is 1. The first-order valence-electron chi connectivity index (χ1n) is 6.71. The highest BCUT2D eigenvalue weighted by Crippen LogP contribution is 2.28. The molecule has 1 heterocycles. The Morgan fingerprint density at radius 3 is 2.77 bits per heavy atom. The summed E-state index contributed by atoms with van der Waals surface area (Å²) in [6, 6.07) is 3.93. The van der Waals surface area contributed by atoms with Gasteiger partial charge in [-0.05, 0) is 26.0 Å². The second-order valence-electron chi connectivity index (χ2n) is 4.79. The number of hydrogen-bond donors (Lipinski definition) is 2. The number of ether oxygens (including phenoxy) is 1. The maximum atomic E-state index is 14.0. The number of nitrogens with one attached hydrogen (secondary N) is 1. The fraction of sp³-hybridized carbons (Fsp3) is 0.333. The monoisotopic (exact) mass is 324 g/mol. The third-order valence-corrected chi connectivity index (χ3v) is 4.28. The lowest BCUT2D eigenvalue weighted by atomic mass is 10.1. The molecule has 2 atom stereocenters. The maximum absolute atomic E-state index is 14.0. The minimum atomic E-state index is -0.726. The smallest absolute Gasteiger partial charge is 0.263 e. The second kappa shape index (κ2) is 6.85. The molecular weight excluding hydrogens is 307 g/mol. The molecule has 0 saturated carbocycles. The number of nitrogens with zero attached hydrogens (tertiary/aromatic N) is 1. The van der Waals surface area contributed by atoms with Gasteiger partial charge in [0.25, 0.3) is 5.91 Å². The van der Waals surface area contributed by atoms with E-state index < -0.39 is 18.0 Å². The Kier molecular flexibility index (Phi) is 5.10. The largest absolute Gasteiger partial charge is 0.496 e. The van der Waals surface area contributed by atoms with E-state index in [1.54, 1.807) is 26.0 Å². The first kappa shape index (κ1) is 16.4. The zero-order valence-electron chi connectivity index (χ0n) is 12.5. The number of rotatable bonds is 5. The van der Waals surface area contributed by atoms with Crippen molar-refractivity contribution in [3.8, 4) is 5.75 Å². The molecule has 2 N–H and O–H groups in total. The van der Waals surface area contributed by atoms with Crippen LogP contribution in [0.5, 0.6) is 5.75 Å². The van der Waals surface area contributed by atoms with Gasteiger partial charge in [0.15, 0.2) is 0 Å². The number of thiazole rings is 1. The SMILES string of the molecule is COc1cccc(F)c1[C@H](C)NC(=O)c1cnc([C@H](C)O)s1. The molecule has 0 fully saturated rings. The van der Waals surface area contributed by atoms with Crippen molar-refractivity contribution in [2.75, 3.05) is 7.11 Å². The molecule has 0 bridgehead atoms. The molecule has 0 radical (unpaired) electrons. The van der Waals surface area contributed by atoms with Crippen LogP contribution >= 0.6 is 11.3 Å². The van der Waals surface area contributed by atoms with Crippen LogP contribution in [0.4, 0.5) is 4.39 Å². The topological polar surface area (TPSA) is 71.5 Å². The van der Waals surface area contributed by atoms with Gasteiger partial charge in [0, 0.05) is 0 Å². The Hall–Kier alpha value is -1.99. The van der Waals surface area contributed by atoms with Crippen LogP contribution < -0.4 is 10.1 Å². The molecule has 5 nitrogen and oxygen atoms in total. The second-order valence-corrected chi connectivity index (χ2v) is 5.85. The van der Waals surface area contributed by atoms with Crippen molar-refractivity contribution >= 4 is 17.2 Å². The van der Waals surface area contributed by atoms with Crippen molar-refractivity contribution in [3.63, 3.8) is 0 Å². The molecule has 22 heavy (non-hydrogen) atoms. The Bertz CT molecular complexity index is 673. The van der Waals surface area contributed by atoms with Gasteiger partial charge in [-0.25, -0.2) is 9.37 Å². The highest BCUT2D eigenvalue weighted by molar-refractivity contribution is 7.13. The standard InChI is InChI=1S/C15H17FN2O3S/c1-8(13-10(16)5-4-6-11(13)21-3)18-14(20)12-7-17-15(22-12)9(2)19/h4-9,19H,1-3H3,(H,18,20)/t8-,9-/m0/s1. The van der Waals surface area contributed by atoms with Crippen LogP contribution in [0.3, 0.4) is 0 Å². The van der Waals surface area contributed by atoms with E-state index in [4.69, 9.17) is 4.74 Å². The van der Waals surface area contributed by atoms with Gasteiger partial charge in [-0.3, -0.25) is 4.79 Å². The van der Waals surface area contributed by atoms with Crippen molar-refractivity contribution in [2.45, 2.75) is 26.0 Å². The Labute approximate surface area is 131 Å². The number of aliphatic hydroxyl groups is 1. The number of aliphatic hydroxyl groups excluding tert-OH is 1. The molecular formula is C15H17FN2O3S. The summed E-state index contributed by atoms with van der Waals surface area (Å²) >= 11 is 1.10. The van der Waals surface area contributed by atoms with E-state index in [1.165, 1.54) is 19.4 Å². The lowest BCUT2D eigenvalue weighted by molar-refractivity contribution is 0.0943. The van der Waals surface area contributed by atoms with E-state index in [0.29, 0.717) is 21.2 Å². The Morgan fingerprint density at radius 1 is 1.45 bits per heavy atom. The molecule has 2 rings (SSSR count). The van der Waals surface area contributed by atoms with Crippen LogP contribution in [0, 0.1) is 5.82 Å². The molecule has 1 aromatic carbocycles. The van der Waals surface area contributed by atoms with Gasteiger partial charge in [-0.1, -0.05) is 6.07 Å². The maximum Gasteiger partial charge on any atom is 0.263 e. The number of halogens is 1. The molecule has 0 aliphatic heterocycles. The van der Waals surface area contributed by atoms with E-state index in [1.807, 2.05) is 0 Å². The van der Waals surface area contributed by atoms with Gasteiger partial charge in [0.05, 0.1) is 24.9 Å². The molecule has 1 amide bonds. The van der Waals surface area contributed by atoms with Crippen LogP contribution in [-0.4, -0.2) is 23.1 Å². The van der Waals surface area contributed by atoms with E-state index in [9.17, 15) is 14.3 Å². The molecule has 0 spiro atoms. The molecule has 118 valence electrons. The first-order chi connectivity index (χ1) is 10.4. The molecule has 7 heteroatoms. The van der Waals surface area contributed by atoms with Gasteiger partial charge < -0.3 is 15.2 Å². The minimum absolute atomic E-state index is 0.290. The number of carbonyl (C=O) groups excluding carboxylic acids is 1. The fourth-order valence-electron chi connectivity index (χ4n) is 2.04. The summed E-state index contributed by atoms with van der Waals surface area (Å²) in [7, 11) is 1.45. The highest BCUT2D eigenvalue weighted by atomic mass is 32.1. The van der Waals surface area contributed by atoms with Crippen LogP contribution in [0.15, 0.2) is 24.4 Å². The third kappa shape index (κ3) is 3.42. The quantitative estimate of drug-likeness (QED) is 0.887. The minimum Gasteiger partial charge on any atom is -0.496 e. The third-order valence-electron chi connectivity index (χ3n) is 3.12. The van der Waals surface area contributed by atoms with Gasteiger partial charge in [0.2, 0.25) is 0 Å². The normalized spacial score (nSPS) is 13.5. The molecule has 1 aromatic heterocycles. The van der Waals surface area contributed by atoms with Crippen molar-refractivity contribution in [1.82, 2.24) is 10.3 Å². The molecule has 2 aromatic rings. The van der Waals surface area contributed by atoms with Crippen molar-refractivity contribution in [2.24, 2.45) is 0 Å². The Morgan fingerprint density at radius 2 is 2.18 bits per heavy atom. The number of methoxy groups -OCH3 is 1. The van der Waals surface area contributed by atoms with Crippen molar-refractivity contribution in [3.05, 3.63) is 45.7 Å². The predicted molar refractivity (Wildman–Crippen MR) is 81.6 cm³/mol. The van der Waals surface area contributed by atoms with Crippen LogP contribution in [0.1, 0.15) is 46.2 Å². The van der Waals surface area contributed by atoms with Gasteiger partial charge in [-0.2, -0.15) is 0 Å². The number of hydrogen-bond acceptors (Lipinski definition) is 5. The van der Waals surface area contributed by atoms with E-state index in [2.05, 4.69) is 10.3 Å². The predicted octanol–water partition coefficient (Wildman–Crippen LogP) is 2.84. The summed E-state index contributed by atoms with van der Waals surface area (Å²) < 4.78 is 19.1. The van der Waals surface area contributed by atoms with Gasteiger partial charge in [0.1, 0.15) is 27.6 Å². The lowest BCUT2D eigenvalue weighted by Crippen LogP contribution is -2.27.